The molecule has 0 atom stereocenters. The van der Waals surface area contributed by atoms with Crippen molar-refractivity contribution < 1.29 is 27.5 Å². The van der Waals surface area contributed by atoms with E-state index in [0.29, 0.717) is 24.4 Å². The van der Waals surface area contributed by atoms with Crippen molar-refractivity contribution in [2.24, 2.45) is 0 Å². The highest BCUT2D eigenvalue weighted by Gasteiger charge is 2.23. The van der Waals surface area contributed by atoms with Gasteiger partial charge in [0.05, 0.1) is 23.3 Å². The second-order valence-corrected chi connectivity index (χ2v) is 9.33. The summed E-state index contributed by atoms with van der Waals surface area (Å²) in [5.41, 5.74) is 1.54. The molecule has 0 aliphatic heterocycles. The highest BCUT2D eigenvalue weighted by Crippen LogP contribution is 2.24. The molecule has 3 aromatic carbocycles. The molecule has 0 aliphatic rings. The molecule has 34 heavy (non-hydrogen) atoms. The van der Waals surface area contributed by atoms with Gasteiger partial charge in [0.15, 0.2) is 6.61 Å². The summed E-state index contributed by atoms with van der Waals surface area (Å²) in [5, 5.41) is 2.69. The third kappa shape index (κ3) is 6.35. The van der Waals surface area contributed by atoms with Crippen LogP contribution in [0.4, 0.5) is 5.69 Å². The van der Waals surface area contributed by atoms with Crippen molar-refractivity contribution >= 4 is 27.6 Å². The van der Waals surface area contributed by atoms with Gasteiger partial charge in [0.25, 0.3) is 15.9 Å². The molecule has 0 bridgehead atoms. The zero-order valence-electron chi connectivity index (χ0n) is 18.9. The number of benzene rings is 3. The zero-order chi connectivity index (χ0) is 24.6. The summed E-state index contributed by atoms with van der Waals surface area (Å²) in [4.78, 5) is 24.3. The molecule has 178 valence electrons. The average Bonchev–Trinajstić information content (AvgIpc) is 2.87. The Kier molecular flexibility index (Phi) is 8.26. The van der Waals surface area contributed by atoms with E-state index in [1.807, 2.05) is 30.3 Å². The van der Waals surface area contributed by atoms with Crippen LogP contribution in [0.3, 0.4) is 0 Å². The van der Waals surface area contributed by atoms with E-state index < -0.39 is 28.5 Å². The van der Waals surface area contributed by atoms with Gasteiger partial charge in [-0.2, -0.15) is 0 Å². The largest absolute Gasteiger partial charge is 0.497 e. The number of nitrogens with zero attached hydrogens (tertiary/aromatic N) is 1. The van der Waals surface area contributed by atoms with Gasteiger partial charge in [-0.25, -0.2) is 13.2 Å². The van der Waals surface area contributed by atoms with Crippen LogP contribution in [-0.2, 0) is 26.0 Å². The number of amides is 1. The van der Waals surface area contributed by atoms with Crippen molar-refractivity contribution in [2.45, 2.75) is 11.3 Å². The molecule has 0 aliphatic carbocycles. The molecule has 0 spiro atoms. The van der Waals surface area contributed by atoms with Crippen molar-refractivity contribution in [1.82, 2.24) is 5.32 Å². The van der Waals surface area contributed by atoms with Gasteiger partial charge in [0.2, 0.25) is 0 Å². The van der Waals surface area contributed by atoms with Gasteiger partial charge >= 0.3 is 5.97 Å². The minimum atomic E-state index is -3.93. The first-order chi connectivity index (χ1) is 16.3. The van der Waals surface area contributed by atoms with Crippen LogP contribution in [0.1, 0.15) is 15.9 Å². The van der Waals surface area contributed by atoms with Gasteiger partial charge < -0.3 is 14.8 Å². The van der Waals surface area contributed by atoms with Crippen molar-refractivity contribution in [2.75, 3.05) is 31.6 Å². The first-order valence-electron chi connectivity index (χ1n) is 10.5. The van der Waals surface area contributed by atoms with Gasteiger partial charge in [-0.05, 0) is 54.4 Å². The molecule has 0 radical (unpaired) electrons. The molecule has 0 saturated carbocycles. The van der Waals surface area contributed by atoms with E-state index in [9.17, 15) is 18.0 Å². The molecule has 0 aromatic heterocycles. The molecule has 0 heterocycles. The minimum absolute atomic E-state index is 0.0290. The van der Waals surface area contributed by atoms with Crippen molar-refractivity contribution in [3.05, 3.63) is 90.0 Å². The first kappa shape index (κ1) is 24.8. The lowest BCUT2D eigenvalue weighted by Crippen LogP contribution is -2.30. The summed E-state index contributed by atoms with van der Waals surface area (Å²) in [6.45, 7) is -0.0534. The SMILES string of the molecule is COc1ccc(N(C)S(=O)(=O)c2cccc(C(=O)OCC(=O)NCCc3ccccc3)c2)cc1. The van der Waals surface area contributed by atoms with E-state index in [4.69, 9.17) is 9.47 Å². The summed E-state index contributed by atoms with van der Waals surface area (Å²) in [5.74, 6) is -0.627. The third-order valence-corrected chi connectivity index (χ3v) is 6.86. The van der Waals surface area contributed by atoms with Crippen molar-refractivity contribution in [3.8, 4) is 5.75 Å². The Morgan fingerprint density at radius 3 is 2.32 bits per heavy atom. The Morgan fingerprint density at radius 2 is 1.65 bits per heavy atom. The molecule has 0 saturated heterocycles. The van der Waals surface area contributed by atoms with Crippen LogP contribution < -0.4 is 14.4 Å². The second kappa shape index (κ2) is 11.3. The van der Waals surface area contributed by atoms with Gasteiger partial charge in [-0.3, -0.25) is 9.10 Å². The molecule has 0 unspecified atom stereocenters. The molecule has 0 fully saturated rings. The van der Waals surface area contributed by atoms with Crippen molar-refractivity contribution in [1.29, 1.82) is 0 Å². The van der Waals surface area contributed by atoms with E-state index in [1.54, 1.807) is 24.3 Å². The van der Waals surface area contributed by atoms with Crippen molar-refractivity contribution in [3.63, 3.8) is 0 Å². The molecule has 3 aromatic rings. The first-order valence-corrected chi connectivity index (χ1v) is 12.0. The maximum atomic E-state index is 13.0. The van der Waals surface area contributed by atoms with Gasteiger partial charge in [-0.1, -0.05) is 36.4 Å². The third-order valence-electron chi connectivity index (χ3n) is 5.08. The van der Waals surface area contributed by atoms with Crippen LogP contribution in [0.2, 0.25) is 0 Å². The Labute approximate surface area is 199 Å². The van der Waals surface area contributed by atoms with Gasteiger partial charge in [0.1, 0.15) is 5.75 Å². The number of sulfonamides is 1. The number of rotatable bonds is 10. The maximum Gasteiger partial charge on any atom is 0.338 e. The Hall–Kier alpha value is -3.85. The number of ether oxygens (including phenoxy) is 2. The molecular weight excluding hydrogens is 456 g/mol. The predicted octanol–water partition coefficient (Wildman–Crippen LogP) is 3.04. The summed E-state index contributed by atoms with van der Waals surface area (Å²) >= 11 is 0. The summed E-state index contributed by atoms with van der Waals surface area (Å²) in [6.07, 6.45) is 0.655. The monoisotopic (exact) mass is 482 g/mol. The Balaban J connectivity index is 1.58. The van der Waals surface area contributed by atoms with Crippen LogP contribution in [0.25, 0.3) is 0 Å². The molecule has 1 N–H and O–H groups in total. The Morgan fingerprint density at radius 1 is 0.941 bits per heavy atom. The van der Waals surface area contributed by atoms with E-state index in [1.165, 1.54) is 38.4 Å². The molecule has 9 heteroatoms. The average molecular weight is 483 g/mol. The quantitative estimate of drug-likeness (QED) is 0.446. The van der Waals surface area contributed by atoms with E-state index >= 15 is 0 Å². The minimum Gasteiger partial charge on any atom is -0.497 e. The summed E-state index contributed by atoms with van der Waals surface area (Å²) in [7, 11) is -0.991. The van der Waals surface area contributed by atoms with E-state index in [0.717, 1.165) is 9.87 Å². The number of carbonyl (C=O) groups excluding carboxylic acids is 2. The number of anilines is 1. The predicted molar refractivity (Wildman–Crippen MR) is 128 cm³/mol. The fraction of sp³-hybridized carbons (Fsp3) is 0.200. The van der Waals surface area contributed by atoms with E-state index in [-0.39, 0.29) is 10.5 Å². The maximum absolute atomic E-state index is 13.0. The lowest BCUT2D eigenvalue weighted by Gasteiger charge is -2.20. The number of methoxy groups -OCH3 is 1. The fourth-order valence-electron chi connectivity index (χ4n) is 3.13. The van der Waals surface area contributed by atoms with Crippen LogP contribution in [0.15, 0.2) is 83.8 Å². The number of hydrogen-bond donors (Lipinski definition) is 1. The lowest BCUT2D eigenvalue weighted by molar-refractivity contribution is -0.124. The standard InChI is InChI=1S/C25H26N2O6S/c1-27(21-11-13-22(32-2)14-12-21)34(30,31)23-10-6-9-20(17-23)25(29)33-18-24(28)26-16-15-19-7-4-3-5-8-19/h3-14,17H,15-16,18H2,1-2H3,(H,26,28). The highest BCUT2D eigenvalue weighted by molar-refractivity contribution is 7.92. The number of nitrogens with one attached hydrogen (secondary N) is 1. The van der Waals surface area contributed by atoms with Crippen LogP contribution in [0.5, 0.6) is 5.75 Å². The summed E-state index contributed by atoms with van der Waals surface area (Å²) < 4.78 is 37.3. The number of esters is 1. The molecular formula is C25H26N2O6S. The topological polar surface area (TPSA) is 102 Å². The highest BCUT2D eigenvalue weighted by atomic mass is 32.2. The van der Waals surface area contributed by atoms with Crippen LogP contribution in [-0.4, -0.2) is 47.6 Å². The molecule has 8 nitrogen and oxygen atoms in total. The number of hydrogen-bond acceptors (Lipinski definition) is 6. The lowest BCUT2D eigenvalue weighted by atomic mass is 10.1. The smallest absolute Gasteiger partial charge is 0.338 e. The van der Waals surface area contributed by atoms with Gasteiger partial charge in [0, 0.05) is 13.6 Å². The van der Waals surface area contributed by atoms with Gasteiger partial charge in [-0.15, -0.1) is 0 Å². The Bertz CT molecular complexity index is 1230. The fourth-order valence-corrected chi connectivity index (χ4v) is 4.37. The second-order valence-electron chi connectivity index (χ2n) is 7.36. The van der Waals surface area contributed by atoms with Crippen LogP contribution >= 0.6 is 0 Å². The number of carbonyl (C=O) groups is 2. The normalized spacial score (nSPS) is 10.9. The zero-order valence-corrected chi connectivity index (χ0v) is 19.7. The summed E-state index contributed by atoms with van der Waals surface area (Å²) in [6, 6.07) is 21.7. The van der Waals surface area contributed by atoms with Crippen LogP contribution in [0, 0.1) is 0 Å². The molecule has 1 amide bonds. The molecule has 3 rings (SSSR count). The van der Waals surface area contributed by atoms with E-state index in [2.05, 4.69) is 5.32 Å².